The molecule has 1 saturated heterocycles. The summed E-state index contributed by atoms with van der Waals surface area (Å²) >= 11 is 0. The monoisotopic (exact) mass is 316 g/mol. The molecule has 0 atom stereocenters. The van der Waals surface area contributed by atoms with Gasteiger partial charge in [0.2, 0.25) is 15.9 Å². The lowest BCUT2D eigenvalue weighted by atomic mass is 10.1. The fraction of sp³-hybridized carbons (Fsp3) is 0.667. The van der Waals surface area contributed by atoms with Crippen LogP contribution in [0, 0.1) is 13.8 Å². The van der Waals surface area contributed by atoms with Gasteiger partial charge in [0.15, 0.2) is 5.76 Å². The molecule has 0 saturated carbocycles. The molecule has 0 aromatic carbocycles. The minimum atomic E-state index is -3.63. The van der Waals surface area contributed by atoms with Crippen molar-refractivity contribution < 1.29 is 17.7 Å². The van der Waals surface area contributed by atoms with Gasteiger partial charge in [-0.15, -0.1) is 0 Å². The van der Waals surface area contributed by atoms with Gasteiger partial charge in [-0.2, -0.15) is 0 Å². The average molecular weight is 316 g/mol. The molecule has 2 rings (SSSR count). The van der Waals surface area contributed by atoms with Crippen LogP contribution >= 0.6 is 0 Å². The number of likely N-dealkylation sites (tertiary alicyclic amines) is 1. The topological polar surface area (TPSA) is 119 Å². The van der Waals surface area contributed by atoms with Crippen LogP contribution in [0.4, 0.5) is 0 Å². The Morgan fingerprint density at radius 2 is 2.05 bits per heavy atom. The summed E-state index contributed by atoms with van der Waals surface area (Å²) in [6.45, 7) is 4.66. The predicted molar refractivity (Wildman–Crippen MR) is 75.0 cm³/mol. The Bertz CT molecular complexity index is 598. The van der Waals surface area contributed by atoms with E-state index in [0.717, 1.165) is 0 Å². The van der Waals surface area contributed by atoms with E-state index >= 15 is 0 Å². The third kappa shape index (κ3) is 3.80. The van der Waals surface area contributed by atoms with Crippen molar-refractivity contribution in [1.29, 1.82) is 0 Å². The summed E-state index contributed by atoms with van der Waals surface area (Å²) in [6, 6.07) is -0.159. The van der Waals surface area contributed by atoms with E-state index in [1.54, 1.807) is 13.8 Å². The number of hydrogen-bond acceptors (Lipinski definition) is 6. The molecule has 0 aliphatic carbocycles. The third-order valence-corrected chi connectivity index (χ3v) is 5.29. The second-order valence-electron chi connectivity index (χ2n) is 5.29. The maximum absolute atomic E-state index is 12.4. The summed E-state index contributed by atoms with van der Waals surface area (Å²) in [7, 11) is -3.63. The zero-order chi connectivity index (χ0) is 15.6. The first kappa shape index (κ1) is 15.9. The quantitative estimate of drug-likeness (QED) is 0.757. The van der Waals surface area contributed by atoms with Gasteiger partial charge < -0.3 is 10.3 Å². The Morgan fingerprint density at radius 1 is 1.43 bits per heavy atom. The van der Waals surface area contributed by atoms with Gasteiger partial charge in [0.25, 0.3) is 0 Å². The van der Waals surface area contributed by atoms with Crippen molar-refractivity contribution in [2.24, 2.45) is 5.73 Å². The number of hydrogen-bond donors (Lipinski definition) is 2. The van der Waals surface area contributed by atoms with Crippen LogP contribution in [0.25, 0.3) is 0 Å². The van der Waals surface area contributed by atoms with Crippen LogP contribution in [0.15, 0.2) is 9.42 Å². The Kier molecular flexibility index (Phi) is 4.64. The number of sulfonamides is 1. The van der Waals surface area contributed by atoms with Gasteiger partial charge in [-0.3, -0.25) is 9.69 Å². The molecule has 1 aliphatic rings. The number of rotatable bonds is 5. The Hall–Kier alpha value is -1.45. The summed E-state index contributed by atoms with van der Waals surface area (Å²) < 4.78 is 32.3. The number of nitrogens with one attached hydrogen (secondary N) is 1. The molecule has 0 radical (unpaired) electrons. The van der Waals surface area contributed by atoms with Crippen LogP contribution in [-0.2, 0) is 14.8 Å². The SMILES string of the molecule is Cc1noc(C)c1S(=O)(=O)NC1CCN(CC(N)=O)CC1. The molecule has 2 heterocycles. The molecule has 118 valence electrons. The van der Waals surface area contributed by atoms with Gasteiger partial charge >= 0.3 is 0 Å². The van der Waals surface area contributed by atoms with E-state index in [-0.39, 0.29) is 29.1 Å². The number of amides is 1. The van der Waals surface area contributed by atoms with E-state index in [9.17, 15) is 13.2 Å². The Morgan fingerprint density at radius 3 is 2.52 bits per heavy atom. The number of nitrogens with two attached hydrogens (primary N) is 1. The number of carbonyl (C=O) groups excluding carboxylic acids is 1. The molecule has 1 fully saturated rings. The largest absolute Gasteiger partial charge is 0.369 e. The third-order valence-electron chi connectivity index (χ3n) is 3.53. The molecule has 1 aliphatic heterocycles. The maximum Gasteiger partial charge on any atom is 0.246 e. The van der Waals surface area contributed by atoms with E-state index < -0.39 is 10.0 Å². The van der Waals surface area contributed by atoms with Crippen LogP contribution in [0.2, 0.25) is 0 Å². The smallest absolute Gasteiger partial charge is 0.246 e. The average Bonchev–Trinajstić information content (AvgIpc) is 2.71. The summed E-state index contributed by atoms with van der Waals surface area (Å²) in [5.41, 5.74) is 5.50. The molecule has 0 bridgehead atoms. The zero-order valence-electron chi connectivity index (χ0n) is 12.1. The van der Waals surface area contributed by atoms with Crippen molar-refractivity contribution in [3.8, 4) is 0 Å². The number of nitrogens with zero attached hydrogens (tertiary/aromatic N) is 2. The number of aromatic nitrogens is 1. The standard InChI is InChI=1S/C12H20N4O4S/c1-8-12(9(2)20-14-8)21(18,19)15-10-3-5-16(6-4-10)7-11(13)17/h10,15H,3-7H2,1-2H3,(H2,13,17). The summed E-state index contributed by atoms with van der Waals surface area (Å²) in [5, 5.41) is 3.67. The molecule has 1 amide bonds. The van der Waals surface area contributed by atoms with E-state index in [2.05, 4.69) is 9.88 Å². The van der Waals surface area contributed by atoms with Crippen molar-refractivity contribution in [3.63, 3.8) is 0 Å². The van der Waals surface area contributed by atoms with Crippen molar-refractivity contribution in [2.45, 2.75) is 37.6 Å². The number of primary amides is 1. The fourth-order valence-electron chi connectivity index (χ4n) is 2.57. The minimum absolute atomic E-state index is 0.113. The first-order valence-electron chi connectivity index (χ1n) is 6.75. The van der Waals surface area contributed by atoms with Gasteiger partial charge in [0, 0.05) is 19.1 Å². The number of aryl methyl sites for hydroxylation is 2. The normalized spacial score (nSPS) is 18.0. The first-order chi connectivity index (χ1) is 9.79. The van der Waals surface area contributed by atoms with Gasteiger partial charge in [-0.05, 0) is 26.7 Å². The second-order valence-corrected chi connectivity index (χ2v) is 6.94. The van der Waals surface area contributed by atoms with Crippen LogP contribution in [0.5, 0.6) is 0 Å². The lowest BCUT2D eigenvalue weighted by molar-refractivity contribution is -0.119. The van der Waals surface area contributed by atoms with Crippen molar-refractivity contribution in [1.82, 2.24) is 14.8 Å². The number of piperidine rings is 1. The lowest BCUT2D eigenvalue weighted by Gasteiger charge is -2.31. The zero-order valence-corrected chi connectivity index (χ0v) is 12.9. The molecule has 3 N–H and O–H groups in total. The molecule has 0 spiro atoms. The van der Waals surface area contributed by atoms with Gasteiger partial charge in [-0.25, -0.2) is 13.1 Å². The molecule has 1 aromatic heterocycles. The van der Waals surface area contributed by atoms with Gasteiger partial charge in [0.05, 0.1) is 6.54 Å². The lowest BCUT2D eigenvalue weighted by Crippen LogP contribution is -2.46. The highest BCUT2D eigenvalue weighted by atomic mass is 32.2. The van der Waals surface area contributed by atoms with Crippen LogP contribution in [-0.4, -0.2) is 50.1 Å². The van der Waals surface area contributed by atoms with E-state index in [4.69, 9.17) is 10.3 Å². The second kappa shape index (κ2) is 6.12. The van der Waals surface area contributed by atoms with E-state index in [1.807, 2.05) is 4.90 Å². The van der Waals surface area contributed by atoms with Gasteiger partial charge in [0.1, 0.15) is 10.6 Å². The summed E-state index contributed by atoms with van der Waals surface area (Å²) in [4.78, 5) is 12.9. The van der Waals surface area contributed by atoms with Crippen LogP contribution in [0.3, 0.4) is 0 Å². The van der Waals surface area contributed by atoms with Crippen molar-refractivity contribution in [3.05, 3.63) is 11.5 Å². The van der Waals surface area contributed by atoms with E-state index in [0.29, 0.717) is 31.6 Å². The molecule has 21 heavy (non-hydrogen) atoms. The highest BCUT2D eigenvalue weighted by Gasteiger charge is 2.29. The number of carbonyl (C=O) groups is 1. The highest BCUT2D eigenvalue weighted by molar-refractivity contribution is 7.89. The van der Waals surface area contributed by atoms with Crippen molar-refractivity contribution >= 4 is 15.9 Å². The molecule has 9 heteroatoms. The molecular formula is C12H20N4O4S. The minimum Gasteiger partial charge on any atom is -0.369 e. The summed E-state index contributed by atoms with van der Waals surface area (Å²) in [6.07, 6.45) is 1.27. The Balaban J connectivity index is 1.99. The predicted octanol–water partition coefficient (Wildman–Crippen LogP) is -0.481. The first-order valence-corrected chi connectivity index (χ1v) is 8.24. The maximum atomic E-state index is 12.4. The molecule has 0 unspecified atom stereocenters. The van der Waals surface area contributed by atoms with E-state index in [1.165, 1.54) is 0 Å². The molecular weight excluding hydrogens is 296 g/mol. The van der Waals surface area contributed by atoms with Gasteiger partial charge in [-0.1, -0.05) is 5.16 Å². The van der Waals surface area contributed by atoms with Crippen molar-refractivity contribution in [2.75, 3.05) is 19.6 Å². The van der Waals surface area contributed by atoms with Crippen LogP contribution in [0.1, 0.15) is 24.3 Å². The fourth-order valence-corrected chi connectivity index (χ4v) is 4.20. The summed E-state index contributed by atoms with van der Waals surface area (Å²) in [5.74, 6) is -0.0871. The van der Waals surface area contributed by atoms with Crippen LogP contribution < -0.4 is 10.5 Å². The highest BCUT2D eigenvalue weighted by Crippen LogP contribution is 2.20. The Labute approximate surface area is 123 Å². The molecule has 1 aromatic rings. The molecule has 8 nitrogen and oxygen atoms in total.